The Labute approximate surface area is 798 Å². The molecule has 8 fully saturated rings. The molecule has 0 aromatic rings. The Morgan fingerprint density at radius 3 is 1.01 bits per heavy atom. The summed E-state index contributed by atoms with van der Waals surface area (Å²) >= 11 is 5.51. The van der Waals surface area contributed by atoms with Gasteiger partial charge in [-0.2, -0.15) is 0 Å². The third kappa shape index (κ3) is 30.5. The van der Waals surface area contributed by atoms with Crippen LogP contribution >= 0.6 is 11.6 Å². The molecule has 10 unspecified atom stereocenters. The van der Waals surface area contributed by atoms with E-state index < -0.39 is 278 Å². The number of aliphatic hydroxyl groups is 24. The number of aliphatic hydroxyl groups excluding tert-OH is 20. The Bertz CT molecular complexity index is 3140. The molecule has 8 saturated heterocycles. The molecule has 134 heavy (non-hydrogen) atoms. The van der Waals surface area contributed by atoms with Crippen molar-refractivity contribution < 1.29 is 215 Å². The molecule has 0 amide bonds. The van der Waals surface area contributed by atoms with Gasteiger partial charge in [-0.05, 0) is 79.3 Å². The molecule has 8 aliphatic heterocycles. The predicted octanol–water partition coefficient (Wildman–Crippen LogP) is -13.7. The highest BCUT2D eigenvalue weighted by atomic mass is 35.5. The second-order valence-corrected chi connectivity index (χ2v) is 35.9. The van der Waals surface area contributed by atoms with Crippen molar-refractivity contribution in [2.24, 2.45) is 0 Å². The second kappa shape index (κ2) is 58.8. The summed E-state index contributed by atoms with van der Waals surface area (Å²) in [4.78, 5) is 11.1. The smallest absolute Gasteiger partial charge is 0.221 e. The van der Waals surface area contributed by atoms with Gasteiger partial charge in [0.05, 0.1) is 150 Å². The molecule has 46 nitrogen and oxygen atoms in total. The van der Waals surface area contributed by atoms with Gasteiger partial charge in [-0.15, -0.1) is 11.6 Å². The van der Waals surface area contributed by atoms with Crippen molar-refractivity contribution in [2.75, 3.05) is 249 Å². The summed E-state index contributed by atoms with van der Waals surface area (Å²) in [6.45, 7) is 32.3. The largest absolute Gasteiger partial charge is 1.00 e. The summed E-state index contributed by atoms with van der Waals surface area (Å²) in [6, 6.07) is 0. The van der Waals surface area contributed by atoms with Gasteiger partial charge in [-0.1, -0.05) is 69.2 Å². The lowest BCUT2D eigenvalue weighted by molar-refractivity contribution is -0.924. The fraction of sp³-hybridized carbons (Fsp3) is 1.00. The van der Waals surface area contributed by atoms with Gasteiger partial charge < -0.3 is 235 Å². The number of hydrogen-bond donors (Lipinski definition) is 24. The van der Waals surface area contributed by atoms with Gasteiger partial charge in [-0.3, -0.25) is 4.90 Å². The zero-order valence-corrected chi connectivity index (χ0v) is 81.7. The van der Waals surface area contributed by atoms with Gasteiger partial charge in [0, 0.05) is 51.4 Å². The molecule has 0 aromatic carbocycles. The zero-order valence-electron chi connectivity index (χ0n) is 80.2. The second-order valence-electron chi connectivity index (χ2n) is 35.5. The Balaban J connectivity index is 0.000000490. The summed E-state index contributed by atoms with van der Waals surface area (Å²) < 4.78 is 94.4. The molecule has 0 aromatic heterocycles. The Morgan fingerprint density at radius 1 is 0.306 bits per heavy atom. The van der Waals surface area contributed by atoms with Crippen LogP contribution in [0.2, 0.25) is 0 Å². The van der Waals surface area contributed by atoms with Gasteiger partial charge in [0.25, 0.3) is 0 Å². The van der Waals surface area contributed by atoms with Crippen LogP contribution in [0.25, 0.3) is 0 Å². The highest BCUT2D eigenvalue weighted by molar-refractivity contribution is 6.18. The molecule has 0 spiro atoms. The Kier molecular flexibility index (Phi) is 54.0. The molecule has 34 atom stereocenters. The maximum atomic E-state index is 12.8. The lowest BCUT2D eigenvalue weighted by Crippen LogP contribution is -3.00. The minimum absolute atomic E-state index is 0. The van der Waals surface area contributed by atoms with Crippen molar-refractivity contribution in [3.8, 4) is 0 Å². The number of rotatable bonds is 59. The van der Waals surface area contributed by atoms with Crippen molar-refractivity contribution in [3.63, 3.8) is 0 Å². The van der Waals surface area contributed by atoms with Crippen molar-refractivity contribution >= 4 is 11.6 Å². The van der Waals surface area contributed by atoms with E-state index in [-0.39, 0.29) is 51.9 Å². The molecule has 0 radical (unpaired) electrons. The van der Waals surface area contributed by atoms with Crippen LogP contribution in [0.3, 0.4) is 0 Å². The first-order valence-corrected chi connectivity index (χ1v) is 48.0. The SMILES string of the molecule is CCN(CC)CCCl.CCN(CC)CCOCC1O[C@H](C[C@@H]2O[C@H](COCC[N+](CC)(CC)CCN(CC)CC)[C@H](O)C2(O)CO[C@@H]2O[C@H](COCCN(CC)CC)[C@H](O)C2(O)CO[C@]2(CO)O[C@H](COCCN(CC)CC)[C@H](O)C2O)C(O)[C@@H](O)[C@@H]1O.OCC1O[C@H](C[C@@H]2O[C@H](CO)[C@H](O)C2(O)CO[C@@H]2O[C@H](CO)[C@H](O)C2(O)CO[C@]2(CO)O[C@H](CO)[C@H](O)C2O)C(O)[C@@H](O)[C@@H]1O.[Cl-]. The number of halogens is 2. The van der Waals surface area contributed by atoms with E-state index in [1.54, 1.807) is 0 Å². The van der Waals surface area contributed by atoms with Crippen LogP contribution in [-0.2, 0) is 75.8 Å². The molecule has 0 aliphatic carbocycles. The average Bonchev–Trinajstić information content (AvgIpc) is 1.60. The number of alkyl halides is 1. The predicted molar refractivity (Wildman–Crippen MR) is 471 cm³/mol. The monoisotopic (exact) mass is 2000 g/mol. The van der Waals surface area contributed by atoms with Crippen LogP contribution in [0.15, 0.2) is 0 Å². The average molecular weight is 2000 g/mol. The molecular formula is C86H168Cl2N6O40. The Morgan fingerprint density at radius 2 is 0.619 bits per heavy atom. The first-order valence-electron chi connectivity index (χ1n) is 47.5. The minimum atomic E-state index is -2.63. The molecule has 24 N–H and O–H groups in total. The van der Waals surface area contributed by atoms with Gasteiger partial charge in [0.1, 0.15) is 165 Å². The van der Waals surface area contributed by atoms with E-state index in [2.05, 4.69) is 66.0 Å². The summed E-state index contributed by atoms with van der Waals surface area (Å²) in [5.41, 5.74) is -10.0. The van der Waals surface area contributed by atoms with Crippen LogP contribution in [0, 0.1) is 0 Å². The molecule has 8 rings (SSSR count). The van der Waals surface area contributed by atoms with E-state index in [4.69, 9.17) is 87.4 Å². The third-order valence-corrected chi connectivity index (χ3v) is 28.1. The molecule has 48 heteroatoms. The lowest BCUT2D eigenvalue weighted by atomic mass is 9.85. The summed E-state index contributed by atoms with van der Waals surface area (Å²) in [5, 5.41) is 260. The highest BCUT2D eigenvalue weighted by Crippen LogP contribution is 2.45. The minimum Gasteiger partial charge on any atom is -1.00 e. The fourth-order valence-corrected chi connectivity index (χ4v) is 18.2. The first kappa shape index (κ1) is 123. The number of ether oxygens (including phenoxy) is 16. The van der Waals surface area contributed by atoms with Crippen LogP contribution in [-0.4, -0.2) is 606 Å². The van der Waals surface area contributed by atoms with E-state index in [0.29, 0.717) is 46.0 Å². The van der Waals surface area contributed by atoms with E-state index in [1.165, 1.54) is 0 Å². The normalized spacial score (nSPS) is 39.1. The molecule has 0 saturated carbocycles. The van der Waals surface area contributed by atoms with Crippen molar-refractivity contribution in [1.29, 1.82) is 0 Å². The van der Waals surface area contributed by atoms with E-state index in [9.17, 15) is 123 Å². The van der Waals surface area contributed by atoms with Gasteiger partial charge in [-0.25, -0.2) is 0 Å². The van der Waals surface area contributed by atoms with E-state index in [0.717, 1.165) is 109 Å². The number of nitrogens with zero attached hydrogens (tertiary/aromatic N) is 6. The molecule has 0 bridgehead atoms. The van der Waals surface area contributed by atoms with Crippen LogP contribution in [0.4, 0.5) is 0 Å². The standard InChI is InChI=1S/C55H110N5O20.C25H44O20.C6H14ClN.ClH/c1-11-56(12-2)21-25-60(19-9,20-10)26-30-74-34-42-49(66)53(69,44(78-42)31-39-45(62)48(65)46(63)40(77-39)32-71-27-22-57(13-3)14-4)37-75-52-54(70,50(67)43(79-52)35-73-29-24-59(17-7)18-8)38-76-55(36-61)51(68)47(64)41(80-55)33-72-28-23-58(15-5)16-6;26-2-10-16(32)18(34)15(31)9(42-10)1-14-23(38,19(35)12(4-28)43-14)7-40-22-24(39,20(36)13(5-29)44-22)8-41-25(6-30)21(37)17(33)11(3-27)45-25;1-3-8(4-2)6-5-7;/h39-52,61-70H,11-38H2,1-10H3;9-22,26-39H,1-8H2;3-6H2,1-2H3;1H/q+1;;;/p-1/t39-,40?,41-,42-,43-,44+,45?,46-,47+,48-,49+,50+,51?,52-,53?,54?,55-;9-,10?,11-,12-,13-,14+,15?,16-,17+,18-,19+,20+,21?,22-,23?,24?,25-;;/m11../s1. The fourth-order valence-electron chi connectivity index (χ4n) is 18.0. The number of likely N-dealkylation sites (N-methyl/N-ethyl adjacent to an activating group) is 5. The quantitative estimate of drug-likeness (QED) is 0.0153. The van der Waals surface area contributed by atoms with Crippen LogP contribution in [0.5, 0.6) is 0 Å². The molecule has 8 aliphatic rings. The zero-order chi connectivity index (χ0) is 99.2. The number of quaternary nitrogens is 1. The summed E-state index contributed by atoms with van der Waals surface area (Å²) in [5.74, 6) is -3.95. The third-order valence-electron chi connectivity index (χ3n) is 28.0. The summed E-state index contributed by atoms with van der Waals surface area (Å²) in [7, 11) is 0. The maximum Gasteiger partial charge on any atom is 0.221 e. The van der Waals surface area contributed by atoms with Gasteiger partial charge in [0.2, 0.25) is 11.6 Å². The van der Waals surface area contributed by atoms with Crippen molar-refractivity contribution in [3.05, 3.63) is 0 Å². The van der Waals surface area contributed by atoms with E-state index in [1.807, 2.05) is 41.5 Å². The van der Waals surface area contributed by atoms with Gasteiger partial charge >= 0.3 is 0 Å². The molecule has 8 heterocycles. The van der Waals surface area contributed by atoms with Crippen molar-refractivity contribution in [1.82, 2.24) is 24.5 Å². The van der Waals surface area contributed by atoms with Crippen LogP contribution in [0.1, 0.15) is 95.9 Å². The van der Waals surface area contributed by atoms with Crippen LogP contribution < -0.4 is 12.4 Å². The van der Waals surface area contributed by atoms with E-state index >= 15 is 0 Å². The van der Waals surface area contributed by atoms with Crippen molar-refractivity contribution in [2.45, 2.75) is 301 Å². The highest BCUT2D eigenvalue weighted by Gasteiger charge is 2.66. The lowest BCUT2D eigenvalue weighted by Gasteiger charge is -2.42. The summed E-state index contributed by atoms with van der Waals surface area (Å²) in [6.07, 6.45) is -45.1. The molecular weight excluding hydrogens is 1830 g/mol. The van der Waals surface area contributed by atoms with Gasteiger partial charge in [0.15, 0.2) is 23.8 Å². The topological polar surface area (TPSA) is 649 Å². The number of hydrogen-bond acceptors (Lipinski definition) is 45. The maximum absolute atomic E-state index is 12.8. The molecule has 796 valence electrons. The Hall–Kier alpha value is -1.26. The first-order chi connectivity index (χ1) is 63.2.